The van der Waals surface area contributed by atoms with Crippen LogP contribution in [0.1, 0.15) is 54.5 Å². The van der Waals surface area contributed by atoms with E-state index in [4.69, 9.17) is 19.1 Å². The van der Waals surface area contributed by atoms with Crippen LogP contribution in [0.2, 0.25) is 0 Å². The second-order valence-corrected chi connectivity index (χ2v) is 8.64. The van der Waals surface area contributed by atoms with Gasteiger partial charge in [-0.05, 0) is 74.4 Å². The maximum absolute atomic E-state index is 9.58. The zero-order valence-electron chi connectivity index (χ0n) is 20.0. The summed E-state index contributed by atoms with van der Waals surface area (Å²) in [4.78, 5) is 13.9. The molecule has 3 aromatic heterocycles. The van der Waals surface area contributed by atoms with Crippen LogP contribution >= 0.6 is 0 Å². The molecule has 4 rings (SSSR count). The van der Waals surface area contributed by atoms with Gasteiger partial charge in [-0.2, -0.15) is 4.98 Å². The predicted molar refractivity (Wildman–Crippen MR) is 133 cm³/mol. The Kier molecular flexibility index (Phi) is 7.80. The van der Waals surface area contributed by atoms with Crippen molar-refractivity contribution >= 4 is 23.6 Å². The molecule has 8 nitrogen and oxygen atoms in total. The number of aliphatic hydroxyl groups is 1. The Labute approximate surface area is 200 Å². The number of anilines is 2. The highest BCUT2D eigenvalue weighted by Crippen LogP contribution is 2.33. The van der Waals surface area contributed by atoms with Crippen LogP contribution in [0.25, 0.3) is 11.8 Å². The van der Waals surface area contributed by atoms with Gasteiger partial charge in [0, 0.05) is 24.5 Å². The van der Waals surface area contributed by atoms with Crippen molar-refractivity contribution in [2.24, 2.45) is 5.92 Å². The number of aliphatic hydroxyl groups excluding tert-OH is 1. The highest BCUT2D eigenvalue weighted by Gasteiger charge is 2.26. The summed E-state index contributed by atoms with van der Waals surface area (Å²) in [6.07, 6.45) is 9.22. The maximum Gasteiger partial charge on any atom is 0.225 e. The first-order valence-corrected chi connectivity index (χ1v) is 11.8. The number of methoxy groups -OCH3 is 1. The van der Waals surface area contributed by atoms with Crippen molar-refractivity contribution in [2.45, 2.75) is 52.1 Å². The molecule has 1 aliphatic rings. The van der Waals surface area contributed by atoms with Crippen LogP contribution in [-0.2, 0) is 17.7 Å². The van der Waals surface area contributed by atoms with Crippen LogP contribution in [0.3, 0.4) is 0 Å². The molecule has 1 saturated carbocycles. The molecular weight excluding hydrogens is 430 g/mol. The van der Waals surface area contributed by atoms with Gasteiger partial charge in [0.25, 0.3) is 0 Å². The van der Waals surface area contributed by atoms with Crippen molar-refractivity contribution in [2.75, 3.05) is 24.4 Å². The largest absolute Gasteiger partial charge is 0.496 e. The van der Waals surface area contributed by atoms with Crippen LogP contribution in [0.4, 0.5) is 11.8 Å². The molecule has 0 aromatic carbocycles. The molecule has 3 aromatic rings. The topological polar surface area (TPSA) is 105 Å². The Hall–Kier alpha value is -3.39. The molecule has 3 heterocycles. The van der Waals surface area contributed by atoms with Crippen molar-refractivity contribution in [3.05, 3.63) is 65.0 Å². The normalized spacial score (nSPS) is 18.2. The highest BCUT2D eigenvalue weighted by molar-refractivity contribution is 5.83. The van der Waals surface area contributed by atoms with E-state index in [1.165, 1.54) is 0 Å². The van der Waals surface area contributed by atoms with Gasteiger partial charge in [0.15, 0.2) is 0 Å². The summed E-state index contributed by atoms with van der Waals surface area (Å²) in [7, 11) is 1.66. The number of aromatic nitrogens is 3. The minimum Gasteiger partial charge on any atom is -0.496 e. The summed E-state index contributed by atoms with van der Waals surface area (Å²) < 4.78 is 11.3. The fourth-order valence-electron chi connectivity index (χ4n) is 4.36. The lowest BCUT2D eigenvalue weighted by Gasteiger charge is -2.20. The summed E-state index contributed by atoms with van der Waals surface area (Å²) in [6.45, 7) is 4.75. The first-order chi connectivity index (χ1) is 16.6. The molecule has 0 saturated heterocycles. The molecule has 0 unspecified atom stereocenters. The molecule has 180 valence electrons. The van der Waals surface area contributed by atoms with E-state index in [0.717, 1.165) is 59.8 Å². The quantitative estimate of drug-likeness (QED) is 0.373. The van der Waals surface area contributed by atoms with Gasteiger partial charge in [-0.1, -0.05) is 6.92 Å². The van der Waals surface area contributed by atoms with Gasteiger partial charge < -0.3 is 24.9 Å². The number of furan rings is 1. The molecule has 1 aliphatic carbocycles. The molecule has 0 amide bonds. The minimum absolute atomic E-state index is 0.217. The average Bonchev–Trinajstić information content (AvgIpc) is 3.54. The molecule has 8 heteroatoms. The van der Waals surface area contributed by atoms with E-state index in [1.54, 1.807) is 13.4 Å². The van der Waals surface area contributed by atoms with E-state index < -0.39 is 0 Å². The maximum atomic E-state index is 9.58. The molecule has 2 atom stereocenters. The number of rotatable bonds is 10. The average molecular weight is 464 g/mol. The fraction of sp³-hybridized carbons (Fsp3) is 0.423. The van der Waals surface area contributed by atoms with Gasteiger partial charge in [-0.3, -0.25) is 4.98 Å². The van der Waals surface area contributed by atoms with Gasteiger partial charge in [0.1, 0.15) is 17.3 Å². The molecule has 1 fully saturated rings. The minimum atomic E-state index is 0.217. The van der Waals surface area contributed by atoms with Crippen molar-refractivity contribution < 1.29 is 14.3 Å². The van der Waals surface area contributed by atoms with Gasteiger partial charge in [0.05, 0.1) is 31.2 Å². The summed E-state index contributed by atoms with van der Waals surface area (Å²) in [5.74, 6) is 3.05. The number of aryl methyl sites for hydroxylation is 2. The molecule has 0 bridgehead atoms. The highest BCUT2D eigenvalue weighted by atomic mass is 16.5. The van der Waals surface area contributed by atoms with Crippen molar-refractivity contribution in [1.82, 2.24) is 15.0 Å². The molecule has 34 heavy (non-hydrogen) atoms. The second kappa shape index (κ2) is 11.2. The number of ether oxygens (including phenoxy) is 1. The Morgan fingerprint density at radius 2 is 2.18 bits per heavy atom. The van der Waals surface area contributed by atoms with E-state index in [-0.39, 0.29) is 12.6 Å². The summed E-state index contributed by atoms with van der Waals surface area (Å²) in [6, 6.07) is 8.02. The first-order valence-electron chi connectivity index (χ1n) is 11.8. The first kappa shape index (κ1) is 23.8. The SMILES string of the molecule is CCc1cc(/C=C(\OC)c2c(C)nc(NCc3ccco3)nc2N[C@H]2CC[C@@H](CO)C2)ccn1. The zero-order chi connectivity index (χ0) is 23.9. The van der Waals surface area contributed by atoms with Crippen LogP contribution < -0.4 is 10.6 Å². The lowest BCUT2D eigenvalue weighted by Crippen LogP contribution is -2.20. The van der Waals surface area contributed by atoms with Crippen molar-refractivity contribution in [1.29, 1.82) is 0 Å². The third-order valence-electron chi connectivity index (χ3n) is 6.20. The molecular formula is C26H33N5O3. The number of hydrogen-bond acceptors (Lipinski definition) is 8. The van der Waals surface area contributed by atoms with Crippen LogP contribution in [-0.4, -0.2) is 39.8 Å². The van der Waals surface area contributed by atoms with Gasteiger partial charge in [-0.15, -0.1) is 0 Å². The molecule has 0 radical (unpaired) electrons. The lowest BCUT2D eigenvalue weighted by atomic mass is 10.1. The lowest BCUT2D eigenvalue weighted by molar-refractivity contribution is 0.229. The number of pyridine rings is 1. The molecule has 3 N–H and O–H groups in total. The third kappa shape index (κ3) is 5.75. The summed E-state index contributed by atoms with van der Waals surface area (Å²) in [5.41, 5.74) is 3.66. The number of nitrogens with zero attached hydrogens (tertiary/aromatic N) is 3. The smallest absolute Gasteiger partial charge is 0.225 e. The Morgan fingerprint density at radius 3 is 2.88 bits per heavy atom. The predicted octanol–water partition coefficient (Wildman–Crippen LogP) is 4.66. The zero-order valence-corrected chi connectivity index (χ0v) is 20.0. The van der Waals surface area contributed by atoms with Gasteiger partial charge in [0.2, 0.25) is 5.95 Å². The third-order valence-corrected chi connectivity index (χ3v) is 6.20. The Balaban J connectivity index is 1.68. The van der Waals surface area contributed by atoms with Gasteiger partial charge in [-0.25, -0.2) is 4.98 Å². The van der Waals surface area contributed by atoms with E-state index >= 15 is 0 Å². The monoisotopic (exact) mass is 463 g/mol. The summed E-state index contributed by atoms with van der Waals surface area (Å²) >= 11 is 0. The molecule has 0 spiro atoms. The van der Waals surface area contributed by atoms with E-state index in [0.29, 0.717) is 24.2 Å². The van der Waals surface area contributed by atoms with E-state index in [9.17, 15) is 5.11 Å². The van der Waals surface area contributed by atoms with E-state index in [1.807, 2.05) is 37.4 Å². The Morgan fingerprint density at radius 1 is 1.29 bits per heavy atom. The van der Waals surface area contributed by atoms with Crippen LogP contribution in [0.15, 0.2) is 41.1 Å². The van der Waals surface area contributed by atoms with E-state index in [2.05, 4.69) is 28.6 Å². The summed E-state index contributed by atoms with van der Waals surface area (Å²) in [5, 5.41) is 16.4. The van der Waals surface area contributed by atoms with Crippen molar-refractivity contribution in [3.63, 3.8) is 0 Å². The fourth-order valence-corrected chi connectivity index (χ4v) is 4.36. The number of nitrogens with one attached hydrogen (secondary N) is 2. The van der Waals surface area contributed by atoms with Gasteiger partial charge >= 0.3 is 0 Å². The number of hydrogen-bond donors (Lipinski definition) is 3. The van der Waals surface area contributed by atoms with Crippen LogP contribution in [0, 0.1) is 12.8 Å². The van der Waals surface area contributed by atoms with Crippen molar-refractivity contribution in [3.8, 4) is 0 Å². The molecule has 0 aliphatic heterocycles. The van der Waals surface area contributed by atoms with Crippen LogP contribution in [0.5, 0.6) is 0 Å². The standard InChI is InChI=1S/C26H33N5O3/c1-4-20-12-18(9-10-27-20)14-23(33-3)24-17(2)29-26(28-15-22-6-5-11-34-22)31-25(24)30-21-8-7-19(13-21)16-32/h5-6,9-12,14,19,21,32H,4,7-8,13,15-16H2,1-3H3,(H2,28,29,30,31)/b23-14-/t19-,21+/m1/s1. The Bertz CT molecular complexity index is 1110. The second-order valence-electron chi connectivity index (χ2n) is 8.64.